The van der Waals surface area contributed by atoms with Crippen LogP contribution in [0.5, 0.6) is 0 Å². The summed E-state index contributed by atoms with van der Waals surface area (Å²) in [5, 5.41) is 8.56. The summed E-state index contributed by atoms with van der Waals surface area (Å²) in [4.78, 5) is 5.16. The van der Waals surface area contributed by atoms with E-state index in [4.69, 9.17) is 5.39 Å². The maximum Gasteiger partial charge on any atom is 2.00 e. The molecule has 5 heteroatoms. The van der Waals surface area contributed by atoms with Crippen molar-refractivity contribution in [3.63, 3.8) is 0 Å². The third kappa shape index (κ3) is 3.61. The van der Waals surface area contributed by atoms with Gasteiger partial charge in [-0.05, 0) is 19.1 Å². The Morgan fingerprint density at radius 2 is 1.86 bits per heavy atom. The van der Waals surface area contributed by atoms with Gasteiger partial charge in [0.15, 0.2) is 4.98 Å². The third-order valence-electron chi connectivity index (χ3n) is 1.80. The van der Waals surface area contributed by atoms with E-state index in [2.05, 4.69) is 4.98 Å². The first kappa shape index (κ1) is 15.8. The minimum atomic E-state index is 0. The molecule has 1 rings (SSSR count). The molecule has 0 atom stereocenters. The zero-order valence-electron chi connectivity index (χ0n) is 8.66. The van der Waals surface area contributed by atoms with Gasteiger partial charge in [-0.15, -0.1) is 0 Å². The Bertz CT molecular complexity index is 333. The van der Waals surface area contributed by atoms with E-state index >= 15 is 0 Å². The Hall–Kier alpha value is -0.647. The zero-order chi connectivity index (χ0) is 9.14. The van der Waals surface area contributed by atoms with Crippen LogP contribution in [0.4, 0.5) is 11.4 Å². The van der Waals surface area contributed by atoms with Crippen LogP contribution in [0.3, 0.4) is 0 Å². The fourth-order valence-corrected chi connectivity index (χ4v) is 1.03. The first-order valence-corrected chi connectivity index (χ1v) is 3.78. The quantitative estimate of drug-likeness (QED) is 0.507. The number of anilines is 1. The Kier molecular flexibility index (Phi) is 7.63. The van der Waals surface area contributed by atoms with Crippen molar-refractivity contribution in [2.75, 3.05) is 19.0 Å². The summed E-state index contributed by atoms with van der Waals surface area (Å²) in [5.74, 6) is 0. The molecule has 1 aromatic rings. The topological polar surface area (TPSA) is 31.4 Å². The van der Waals surface area contributed by atoms with Crippen LogP contribution in [0, 0.1) is 12.3 Å². The van der Waals surface area contributed by atoms with E-state index < -0.39 is 0 Å². The molecule has 0 unspecified atom stereocenters. The van der Waals surface area contributed by atoms with E-state index in [9.17, 15) is 0 Å². The van der Waals surface area contributed by atoms with Crippen molar-refractivity contribution in [1.29, 1.82) is 5.39 Å². The number of nitrogens with zero attached hydrogens (tertiary/aromatic N) is 3. The summed E-state index contributed by atoms with van der Waals surface area (Å²) >= 11 is 0. The van der Waals surface area contributed by atoms with Crippen LogP contribution in [0.2, 0.25) is 0 Å². The molecule has 0 aliphatic heterocycles. The summed E-state index contributed by atoms with van der Waals surface area (Å²) in [5.41, 5.74) is 2.71. The van der Waals surface area contributed by atoms with Crippen molar-refractivity contribution in [2.45, 2.75) is 6.92 Å². The molecule has 0 saturated heterocycles. The number of benzene rings is 1. The predicted octanol–water partition coefficient (Wildman–Crippen LogP) is -0.453. The first-order chi connectivity index (χ1) is 5.65. The van der Waals surface area contributed by atoms with Crippen LogP contribution in [0.1, 0.15) is 5.56 Å². The molecule has 0 heterocycles. The molecule has 3 nitrogen and oxygen atoms in total. The van der Waals surface area contributed by atoms with Gasteiger partial charge in [-0.25, -0.2) is 0 Å². The monoisotopic (exact) mass is 261 g/mol. The second-order valence-electron chi connectivity index (χ2n) is 2.97. The van der Waals surface area contributed by atoms with Crippen molar-refractivity contribution in [1.82, 2.24) is 0 Å². The van der Waals surface area contributed by atoms with Crippen molar-refractivity contribution in [3.05, 3.63) is 28.7 Å². The third-order valence-corrected chi connectivity index (χ3v) is 1.80. The maximum atomic E-state index is 8.56. The average molecular weight is 263 g/mol. The molecule has 1 aromatic carbocycles. The molecule has 0 bridgehead atoms. The summed E-state index contributed by atoms with van der Waals surface area (Å²) in [7, 11) is 3.95. The van der Waals surface area contributed by atoms with Crippen LogP contribution in [-0.2, 0) is 19.5 Å². The number of hydrogen-bond acceptors (Lipinski definition) is 2. The van der Waals surface area contributed by atoms with Gasteiger partial charge in [0.05, 0.1) is 0 Å². The predicted molar refractivity (Wildman–Crippen MR) is 50.3 cm³/mol. The van der Waals surface area contributed by atoms with Gasteiger partial charge < -0.3 is 17.3 Å². The van der Waals surface area contributed by atoms with Gasteiger partial charge in [0.1, 0.15) is 0 Å². The van der Waals surface area contributed by atoms with Gasteiger partial charge in [-0.2, -0.15) is 0 Å². The first-order valence-electron chi connectivity index (χ1n) is 3.78. The molecule has 0 aliphatic rings. The Balaban J connectivity index is 0. The summed E-state index contributed by atoms with van der Waals surface area (Å²) in [6.07, 6.45) is 0. The number of aryl methyl sites for hydroxylation is 1. The summed E-state index contributed by atoms with van der Waals surface area (Å²) < 4.78 is 0. The molecule has 0 aliphatic carbocycles. The minimum absolute atomic E-state index is 0. The van der Waals surface area contributed by atoms with Crippen molar-refractivity contribution in [3.8, 4) is 0 Å². The molecule has 0 saturated carbocycles. The molecular weight excluding hydrogens is 251 g/mol. The zero-order valence-corrected chi connectivity index (χ0v) is 12.4. The molecule has 0 fully saturated rings. The number of rotatable bonds is 1. The standard InChI is InChI=1S/C9H12N3.ClH.Zn/c1-7-6-8(12(2)3)4-5-9(7)11-10;;/h4-6H,1-3H3;1H;/q+1;;+2/p-1. The molecule has 0 radical (unpaired) electrons. The molecule has 70 valence electrons. The SMILES string of the molecule is Cc1cc(N(C)C)ccc1[N+]#N.[Cl-].[Zn+2]. The number of hydrogen-bond donors (Lipinski definition) is 0. The molecular formula is C9H12ClN3Zn+2. The minimum Gasteiger partial charge on any atom is -1.00 e. The van der Waals surface area contributed by atoms with Crippen LogP contribution < -0.4 is 17.3 Å². The second kappa shape index (κ2) is 6.76. The second-order valence-corrected chi connectivity index (χ2v) is 2.97. The summed E-state index contributed by atoms with van der Waals surface area (Å²) in [6.45, 7) is 1.92. The molecule has 14 heavy (non-hydrogen) atoms. The van der Waals surface area contributed by atoms with Crippen molar-refractivity contribution < 1.29 is 31.9 Å². The number of halogens is 1. The van der Waals surface area contributed by atoms with Gasteiger partial charge in [0, 0.05) is 31.4 Å². The maximum absolute atomic E-state index is 8.56. The fraction of sp³-hybridized carbons (Fsp3) is 0.333. The Labute approximate surface area is 103 Å². The van der Waals surface area contributed by atoms with E-state index in [1.54, 1.807) is 6.07 Å². The smallest absolute Gasteiger partial charge is 1.00 e. The van der Waals surface area contributed by atoms with Crippen molar-refractivity contribution >= 4 is 11.4 Å². The Morgan fingerprint density at radius 3 is 2.21 bits per heavy atom. The van der Waals surface area contributed by atoms with Crippen LogP contribution in [0.25, 0.3) is 4.98 Å². The van der Waals surface area contributed by atoms with Gasteiger partial charge in [-0.3, -0.25) is 0 Å². The van der Waals surface area contributed by atoms with Crippen LogP contribution in [0.15, 0.2) is 18.2 Å². The molecule has 0 aromatic heterocycles. The van der Waals surface area contributed by atoms with E-state index in [0.717, 1.165) is 11.3 Å². The van der Waals surface area contributed by atoms with Gasteiger partial charge in [0.25, 0.3) is 0 Å². The van der Waals surface area contributed by atoms with E-state index in [-0.39, 0.29) is 31.9 Å². The van der Waals surface area contributed by atoms with Crippen LogP contribution >= 0.6 is 0 Å². The molecule has 0 N–H and O–H groups in total. The van der Waals surface area contributed by atoms with Gasteiger partial charge >= 0.3 is 25.2 Å². The van der Waals surface area contributed by atoms with Crippen LogP contribution in [-0.4, -0.2) is 14.1 Å². The van der Waals surface area contributed by atoms with Gasteiger partial charge in [-0.1, -0.05) is 0 Å². The Morgan fingerprint density at radius 1 is 1.29 bits per heavy atom. The fourth-order valence-electron chi connectivity index (χ4n) is 1.03. The summed E-state index contributed by atoms with van der Waals surface area (Å²) in [6, 6.07) is 5.70. The van der Waals surface area contributed by atoms with Gasteiger partial charge in [0.2, 0.25) is 5.39 Å². The largest absolute Gasteiger partial charge is 2.00 e. The molecule has 0 spiro atoms. The van der Waals surface area contributed by atoms with E-state index in [1.165, 1.54) is 0 Å². The van der Waals surface area contributed by atoms with Crippen molar-refractivity contribution in [2.24, 2.45) is 0 Å². The number of diazo groups is 1. The average Bonchev–Trinajstić information content (AvgIpc) is 2.04. The van der Waals surface area contributed by atoms with E-state index in [1.807, 2.05) is 38.1 Å². The molecule has 0 amide bonds. The normalized spacial score (nSPS) is 7.86. The van der Waals surface area contributed by atoms with E-state index in [0.29, 0.717) is 5.69 Å².